The number of aromatic nitrogens is 2. The smallest absolute Gasteiger partial charge is 0.323 e. The largest absolute Gasteiger partial charge is 0.497 e. The lowest BCUT2D eigenvalue weighted by atomic mass is 10.1. The number of rotatable bonds is 4. The fraction of sp³-hybridized carbons (Fsp3) is 0.222. The van der Waals surface area contributed by atoms with Crippen molar-refractivity contribution in [2.45, 2.75) is 20.4 Å². The first-order valence-electron chi connectivity index (χ1n) is 7.33. The Morgan fingerprint density at radius 1 is 1.22 bits per heavy atom. The van der Waals surface area contributed by atoms with Crippen molar-refractivity contribution in [2.24, 2.45) is 0 Å². The summed E-state index contributed by atoms with van der Waals surface area (Å²) in [5.74, 6) is 0.446. The summed E-state index contributed by atoms with van der Waals surface area (Å²) in [4.78, 5) is 16.0. The van der Waals surface area contributed by atoms with Crippen LogP contribution < -0.4 is 4.74 Å². The van der Waals surface area contributed by atoms with Crippen LogP contribution in [0, 0.1) is 13.8 Å². The molecule has 23 heavy (non-hydrogen) atoms. The number of hydrogen-bond acceptors (Lipinski definition) is 3. The van der Waals surface area contributed by atoms with Crippen molar-refractivity contribution in [3.8, 4) is 17.1 Å². The van der Waals surface area contributed by atoms with Crippen LogP contribution >= 0.6 is 0 Å². The fourth-order valence-electron chi connectivity index (χ4n) is 2.66. The van der Waals surface area contributed by atoms with E-state index in [4.69, 9.17) is 4.74 Å². The summed E-state index contributed by atoms with van der Waals surface area (Å²) in [5, 5.41) is 9.27. The molecule has 5 nitrogen and oxygen atoms in total. The molecule has 0 atom stereocenters. The molecule has 0 aliphatic heterocycles. The van der Waals surface area contributed by atoms with Gasteiger partial charge in [0.15, 0.2) is 0 Å². The average Bonchev–Trinajstić information content (AvgIpc) is 2.85. The standard InChI is InChI=1S/C18H18N2O3/c1-11-7-15-16(8-12(11)2)20(10-17(21)22)18(19-15)13-5-4-6-14(9-13)23-3/h4-9H,10H2,1-3H3,(H,21,22). The molecule has 0 radical (unpaired) electrons. The van der Waals surface area contributed by atoms with Crippen molar-refractivity contribution < 1.29 is 14.6 Å². The Kier molecular flexibility index (Phi) is 3.78. The van der Waals surface area contributed by atoms with Crippen LogP contribution in [0.5, 0.6) is 5.75 Å². The zero-order valence-electron chi connectivity index (χ0n) is 13.3. The minimum absolute atomic E-state index is 0.133. The van der Waals surface area contributed by atoms with Crippen molar-refractivity contribution in [3.05, 3.63) is 47.5 Å². The maximum atomic E-state index is 11.3. The molecule has 0 aliphatic carbocycles. The molecular weight excluding hydrogens is 292 g/mol. The van der Waals surface area contributed by atoms with Gasteiger partial charge in [-0.3, -0.25) is 4.79 Å². The Morgan fingerprint density at radius 2 is 1.96 bits per heavy atom. The molecule has 118 valence electrons. The van der Waals surface area contributed by atoms with Crippen molar-refractivity contribution in [2.75, 3.05) is 7.11 Å². The number of fused-ring (bicyclic) bond motifs is 1. The fourth-order valence-corrected chi connectivity index (χ4v) is 2.66. The van der Waals surface area contributed by atoms with Crippen molar-refractivity contribution in [3.63, 3.8) is 0 Å². The van der Waals surface area contributed by atoms with E-state index in [1.54, 1.807) is 11.7 Å². The third kappa shape index (κ3) is 2.77. The predicted molar refractivity (Wildman–Crippen MR) is 88.8 cm³/mol. The van der Waals surface area contributed by atoms with Crippen LogP contribution in [0.25, 0.3) is 22.4 Å². The average molecular weight is 310 g/mol. The minimum Gasteiger partial charge on any atom is -0.497 e. The summed E-state index contributed by atoms with van der Waals surface area (Å²) in [6, 6.07) is 11.5. The number of aryl methyl sites for hydroxylation is 2. The number of aliphatic carboxylic acids is 1. The van der Waals surface area contributed by atoms with Gasteiger partial charge in [0.2, 0.25) is 0 Å². The van der Waals surface area contributed by atoms with E-state index in [2.05, 4.69) is 4.98 Å². The molecule has 3 rings (SSSR count). The van der Waals surface area contributed by atoms with Gasteiger partial charge in [0.1, 0.15) is 18.1 Å². The third-order valence-electron chi connectivity index (χ3n) is 3.99. The summed E-state index contributed by atoms with van der Waals surface area (Å²) in [5.41, 5.74) is 4.70. The number of carbonyl (C=O) groups is 1. The zero-order valence-corrected chi connectivity index (χ0v) is 13.3. The number of benzene rings is 2. The van der Waals surface area contributed by atoms with Gasteiger partial charge in [0.25, 0.3) is 0 Å². The molecule has 0 bridgehead atoms. The number of carboxylic acid groups (broad SMARTS) is 1. The monoisotopic (exact) mass is 310 g/mol. The van der Waals surface area contributed by atoms with Crippen molar-refractivity contribution in [1.82, 2.24) is 9.55 Å². The molecule has 0 aliphatic rings. The van der Waals surface area contributed by atoms with Gasteiger partial charge in [0.05, 0.1) is 18.1 Å². The first kappa shape index (κ1) is 15.1. The van der Waals surface area contributed by atoms with E-state index in [1.165, 1.54) is 0 Å². The minimum atomic E-state index is -0.897. The Labute approximate surface area is 134 Å². The quantitative estimate of drug-likeness (QED) is 0.802. The van der Waals surface area contributed by atoms with E-state index in [9.17, 15) is 9.90 Å². The summed E-state index contributed by atoms with van der Waals surface area (Å²) in [6.07, 6.45) is 0. The van der Waals surface area contributed by atoms with Gasteiger partial charge in [-0.15, -0.1) is 0 Å². The van der Waals surface area contributed by atoms with Crippen LogP contribution in [-0.2, 0) is 11.3 Å². The van der Waals surface area contributed by atoms with Crippen molar-refractivity contribution in [1.29, 1.82) is 0 Å². The van der Waals surface area contributed by atoms with Crippen LogP contribution in [0.4, 0.5) is 0 Å². The summed E-state index contributed by atoms with van der Waals surface area (Å²) in [6.45, 7) is 3.90. The van der Waals surface area contributed by atoms with E-state index in [0.29, 0.717) is 11.6 Å². The molecule has 2 aromatic carbocycles. The molecular formula is C18H18N2O3. The van der Waals surface area contributed by atoms with E-state index in [0.717, 1.165) is 27.7 Å². The van der Waals surface area contributed by atoms with Gasteiger partial charge < -0.3 is 14.4 Å². The van der Waals surface area contributed by atoms with Gasteiger partial charge in [0, 0.05) is 5.56 Å². The lowest BCUT2D eigenvalue weighted by Gasteiger charge is -2.08. The lowest BCUT2D eigenvalue weighted by molar-refractivity contribution is -0.137. The van der Waals surface area contributed by atoms with Crippen LogP contribution in [0.1, 0.15) is 11.1 Å². The molecule has 1 N–H and O–H groups in total. The highest BCUT2D eigenvalue weighted by molar-refractivity contribution is 5.84. The number of nitrogens with zero attached hydrogens (tertiary/aromatic N) is 2. The van der Waals surface area contributed by atoms with Crippen LogP contribution in [0.3, 0.4) is 0 Å². The number of ether oxygens (including phenoxy) is 1. The van der Waals surface area contributed by atoms with Crippen LogP contribution in [0.15, 0.2) is 36.4 Å². The summed E-state index contributed by atoms with van der Waals surface area (Å²) in [7, 11) is 1.60. The Balaban J connectivity index is 2.27. The first-order valence-corrected chi connectivity index (χ1v) is 7.33. The zero-order chi connectivity index (χ0) is 16.6. The molecule has 0 fully saturated rings. The second kappa shape index (κ2) is 5.76. The first-order chi connectivity index (χ1) is 11.0. The second-order valence-corrected chi connectivity index (χ2v) is 5.57. The highest BCUT2D eigenvalue weighted by Gasteiger charge is 2.16. The number of imidazole rings is 1. The molecule has 1 aromatic heterocycles. The number of carboxylic acids is 1. The van der Waals surface area contributed by atoms with Gasteiger partial charge in [-0.1, -0.05) is 12.1 Å². The van der Waals surface area contributed by atoms with E-state index >= 15 is 0 Å². The van der Waals surface area contributed by atoms with Gasteiger partial charge in [-0.2, -0.15) is 0 Å². The molecule has 0 unspecified atom stereocenters. The van der Waals surface area contributed by atoms with Gasteiger partial charge in [-0.05, 0) is 49.2 Å². The molecule has 0 saturated carbocycles. The van der Waals surface area contributed by atoms with E-state index in [-0.39, 0.29) is 6.54 Å². The van der Waals surface area contributed by atoms with E-state index < -0.39 is 5.97 Å². The molecule has 1 heterocycles. The molecule has 0 saturated heterocycles. The topological polar surface area (TPSA) is 64.4 Å². The molecule has 5 heteroatoms. The Morgan fingerprint density at radius 3 is 2.65 bits per heavy atom. The normalized spacial score (nSPS) is 10.9. The lowest BCUT2D eigenvalue weighted by Crippen LogP contribution is -2.10. The Hall–Kier alpha value is -2.82. The van der Waals surface area contributed by atoms with Crippen LogP contribution in [-0.4, -0.2) is 27.7 Å². The maximum absolute atomic E-state index is 11.3. The summed E-state index contributed by atoms with van der Waals surface area (Å²) < 4.78 is 6.99. The second-order valence-electron chi connectivity index (χ2n) is 5.57. The number of hydrogen-bond donors (Lipinski definition) is 1. The highest BCUT2D eigenvalue weighted by atomic mass is 16.5. The van der Waals surface area contributed by atoms with E-state index in [1.807, 2.05) is 50.2 Å². The Bertz CT molecular complexity index is 897. The molecule has 0 amide bonds. The molecule has 3 aromatic rings. The molecule has 0 spiro atoms. The number of methoxy groups -OCH3 is 1. The third-order valence-corrected chi connectivity index (χ3v) is 3.99. The van der Waals surface area contributed by atoms with Crippen molar-refractivity contribution >= 4 is 17.0 Å². The summed E-state index contributed by atoms with van der Waals surface area (Å²) >= 11 is 0. The van der Waals surface area contributed by atoms with Gasteiger partial charge in [-0.25, -0.2) is 4.98 Å². The maximum Gasteiger partial charge on any atom is 0.323 e. The van der Waals surface area contributed by atoms with Crippen LogP contribution in [0.2, 0.25) is 0 Å². The predicted octanol–water partition coefficient (Wildman–Crippen LogP) is 3.41. The SMILES string of the molecule is COc1cccc(-c2nc3cc(C)c(C)cc3n2CC(=O)O)c1. The van der Waals surface area contributed by atoms with Gasteiger partial charge >= 0.3 is 5.97 Å². The highest BCUT2D eigenvalue weighted by Crippen LogP contribution is 2.28.